The maximum Gasteiger partial charge on any atom is 0.244 e. The van der Waals surface area contributed by atoms with Crippen LogP contribution in [0.4, 0.5) is 0 Å². The van der Waals surface area contributed by atoms with E-state index in [2.05, 4.69) is 21.4 Å². The van der Waals surface area contributed by atoms with E-state index in [1.54, 1.807) is 4.68 Å². The molecule has 1 aromatic carbocycles. The first-order valence-corrected chi connectivity index (χ1v) is 8.33. The van der Waals surface area contributed by atoms with Crippen LogP contribution in [0.15, 0.2) is 41.8 Å². The molecule has 130 valence electrons. The van der Waals surface area contributed by atoms with Crippen LogP contribution in [-0.4, -0.2) is 20.0 Å². The van der Waals surface area contributed by atoms with Crippen LogP contribution < -0.4 is 10.5 Å². The summed E-state index contributed by atoms with van der Waals surface area (Å²) in [6.45, 7) is 3.72. The van der Waals surface area contributed by atoms with Gasteiger partial charge in [0.05, 0.1) is 17.3 Å². The first kappa shape index (κ1) is 16.2. The lowest BCUT2D eigenvalue weighted by Gasteiger charge is -2.23. The summed E-state index contributed by atoms with van der Waals surface area (Å²) in [6, 6.07) is 11.7. The number of H-pyrrole nitrogens is 1. The number of rotatable bonds is 2. The summed E-state index contributed by atoms with van der Waals surface area (Å²) in [5, 5.41) is 21.7. The van der Waals surface area contributed by atoms with Gasteiger partial charge >= 0.3 is 0 Å². The Kier molecular flexibility index (Phi) is 3.71. The van der Waals surface area contributed by atoms with E-state index in [9.17, 15) is 5.26 Å². The smallest absolute Gasteiger partial charge is 0.244 e. The van der Waals surface area contributed by atoms with Crippen molar-refractivity contribution in [1.82, 2.24) is 20.0 Å². The number of halogens is 1. The number of nitriles is 1. The van der Waals surface area contributed by atoms with Crippen molar-refractivity contribution in [2.24, 2.45) is 5.73 Å². The van der Waals surface area contributed by atoms with Gasteiger partial charge in [-0.1, -0.05) is 29.8 Å². The van der Waals surface area contributed by atoms with Crippen LogP contribution in [0.3, 0.4) is 0 Å². The van der Waals surface area contributed by atoms with Gasteiger partial charge in [0, 0.05) is 16.8 Å². The molecule has 7 nitrogen and oxygen atoms in total. The highest BCUT2D eigenvalue weighted by atomic mass is 35.5. The Morgan fingerprint density at radius 3 is 2.69 bits per heavy atom. The molecule has 26 heavy (non-hydrogen) atoms. The van der Waals surface area contributed by atoms with Gasteiger partial charge in [-0.25, -0.2) is 4.68 Å². The fraction of sp³-hybridized carbons (Fsp3) is 0.167. The number of allylic oxidation sites excluding steroid dienone is 1. The molecule has 1 atom stereocenters. The van der Waals surface area contributed by atoms with E-state index >= 15 is 0 Å². The van der Waals surface area contributed by atoms with E-state index in [4.69, 9.17) is 22.1 Å². The van der Waals surface area contributed by atoms with Gasteiger partial charge in [0.1, 0.15) is 16.8 Å². The van der Waals surface area contributed by atoms with Gasteiger partial charge in [-0.3, -0.25) is 5.10 Å². The number of nitrogens with two attached hydrogens (primary N) is 1. The van der Waals surface area contributed by atoms with E-state index in [0.717, 1.165) is 16.9 Å². The van der Waals surface area contributed by atoms with Crippen LogP contribution in [0.25, 0.3) is 5.69 Å². The molecule has 3 N–H and O–H groups in total. The van der Waals surface area contributed by atoms with E-state index in [1.807, 2.05) is 44.2 Å². The van der Waals surface area contributed by atoms with Crippen molar-refractivity contribution in [1.29, 1.82) is 5.26 Å². The maximum absolute atomic E-state index is 9.68. The quantitative estimate of drug-likeness (QED) is 0.725. The third kappa shape index (κ3) is 2.27. The van der Waals surface area contributed by atoms with Gasteiger partial charge < -0.3 is 10.5 Å². The Hall–Kier alpha value is -3.24. The number of nitrogens with one attached hydrogen (secondary N) is 1. The zero-order valence-electron chi connectivity index (χ0n) is 14.1. The average Bonchev–Trinajstić information content (AvgIpc) is 3.14. The standard InChI is InChI=1S/C18H15ClN6O/c1-9-14-15(12(8-20)17(21)26-18(14)23-22-9)13-10(2)24-25(16(13)19)11-6-4-3-5-7-11/h3-7,15H,21H2,1-2H3,(H,22,23)/t15-/m0/s1. The summed E-state index contributed by atoms with van der Waals surface area (Å²) >= 11 is 6.71. The molecular formula is C18H15ClN6O. The Morgan fingerprint density at radius 2 is 2.00 bits per heavy atom. The Balaban J connectivity index is 1.97. The SMILES string of the molecule is Cc1nn(-c2ccccc2)c(Cl)c1[C@@H]1C(C#N)=C(N)Oc2n[nH]c(C)c21. The number of fused-ring (bicyclic) bond motifs is 1. The number of ether oxygens (including phenoxy) is 1. The molecule has 0 radical (unpaired) electrons. The fourth-order valence-electron chi connectivity index (χ4n) is 3.27. The first-order valence-electron chi connectivity index (χ1n) is 7.95. The summed E-state index contributed by atoms with van der Waals surface area (Å²) in [4.78, 5) is 0. The van der Waals surface area contributed by atoms with Crippen LogP contribution in [0.1, 0.15) is 28.4 Å². The maximum atomic E-state index is 9.68. The molecule has 4 rings (SSSR count). The van der Waals surface area contributed by atoms with Crippen LogP contribution in [0.5, 0.6) is 5.88 Å². The average molecular weight is 367 g/mol. The van der Waals surface area contributed by atoms with Crippen LogP contribution >= 0.6 is 11.6 Å². The molecule has 1 aliphatic rings. The van der Waals surface area contributed by atoms with Crippen molar-refractivity contribution in [3.8, 4) is 17.6 Å². The molecule has 0 saturated heterocycles. The lowest BCUT2D eigenvalue weighted by Crippen LogP contribution is -2.21. The highest BCUT2D eigenvalue weighted by Crippen LogP contribution is 2.46. The lowest BCUT2D eigenvalue weighted by atomic mass is 9.84. The van der Waals surface area contributed by atoms with Crippen molar-refractivity contribution in [2.75, 3.05) is 0 Å². The second-order valence-corrected chi connectivity index (χ2v) is 6.39. The number of aromatic amines is 1. The van der Waals surface area contributed by atoms with Crippen LogP contribution in [0, 0.1) is 25.2 Å². The minimum Gasteiger partial charge on any atom is -0.420 e. The number of nitrogens with zero attached hydrogens (tertiary/aromatic N) is 4. The van der Waals surface area contributed by atoms with Crippen molar-refractivity contribution in [3.63, 3.8) is 0 Å². The van der Waals surface area contributed by atoms with Gasteiger partial charge in [-0.15, -0.1) is 5.10 Å². The second kappa shape index (κ2) is 5.93. The molecule has 3 aromatic rings. The second-order valence-electron chi connectivity index (χ2n) is 6.03. The molecule has 0 amide bonds. The molecular weight excluding hydrogens is 352 g/mol. The third-order valence-electron chi connectivity index (χ3n) is 4.47. The van der Waals surface area contributed by atoms with Crippen LogP contribution in [0.2, 0.25) is 5.15 Å². The van der Waals surface area contributed by atoms with E-state index in [-0.39, 0.29) is 5.88 Å². The van der Waals surface area contributed by atoms with Gasteiger partial charge in [-0.05, 0) is 26.0 Å². The third-order valence-corrected chi connectivity index (χ3v) is 4.83. The largest absolute Gasteiger partial charge is 0.420 e. The molecule has 0 fully saturated rings. The van der Waals surface area contributed by atoms with Gasteiger partial charge in [-0.2, -0.15) is 10.4 Å². The molecule has 0 unspecified atom stereocenters. The van der Waals surface area contributed by atoms with E-state index in [1.165, 1.54) is 0 Å². The predicted octanol–water partition coefficient (Wildman–Crippen LogP) is 3.08. The minimum atomic E-state index is -0.493. The summed E-state index contributed by atoms with van der Waals surface area (Å²) in [5.74, 6) is -0.112. The van der Waals surface area contributed by atoms with Crippen molar-refractivity contribution in [3.05, 3.63) is 69.5 Å². The number of hydrogen-bond donors (Lipinski definition) is 2. The van der Waals surface area contributed by atoms with Gasteiger partial charge in [0.25, 0.3) is 0 Å². The zero-order chi connectivity index (χ0) is 18.4. The number of benzene rings is 1. The Bertz CT molecular complexity index is 1070. The first-order chi connectivity index (χ1) is 12.5. The minimum absolute atomic E-state index is 0.0272. The number of hydrogen-bond acceptors (Lipinski definition) is 5. The molecule has 0 bridgehead atoms. The summed E-state index contributed by atoms with van der Waals surface area (Å²) < 4.78 is 7.16. The molecule has 1 aliphatic heterocycles. The summed E-state index contributed by atoms with van der Waals surface area (Å²) in [7, 11) is 0. The van der Waals surface area contributed by atoms with Gasteiger partial charge in [0.15, 0.2) is 0 Å². The molecule has 0 saturated carbocycles. The highest BCUT2D eigenvalue weighted by Gasteiger charge is 2.38. The van der Waals surface area contributed by atoms with Crippen molar-refractivity contribution in [2.45, 2.75) is 19.8 Å². The highest BCUT2D eigenvalue weighted by molar-refractivity contribution is 6.30. The molecule has 3 heterocycles. The Morgan fingerprint density at radius 1 is 1.27 bits per heavy atom. The molecule has 0 aliphatic carbocycles. The summed E-state index contributed by atoms with van der Waals surface area (Å²) in [6.07, 6.45) is 0. The lowest BCUT2D eigenvalue weighted by molar-refractivity contribution is 0.378. The number of para-hydroxylation sites is 1. The predicted molar refractivity (Wildman–Crippen MR) is 95.9 cm³/mol. The van der Waals surface area contributed by atoms with Gasteiger partial charge in [0.2, 0.25) is 11.8 Å². The molecule has 2 aromatic heterocycles. The monoisotopic (exact) mass is 366 g/mol. The normalized spacial score (nSPS) is 16.2. The van der Waals surface area contributed by atoms with Crippen molar-refractivity contribution < 1.29 is 4.74 Å². The topological polar surface area (TPSA) is 106 Å². The fourth-order valence-corrected chi connectivity index (χ4v) is 3.65. The van der Waals surface area contributed by atoms with E-state index in [0.29, 0.717) is 27.9 Å². The van der Waals surface area contributed by atoms with E-state index < -0.39 is 5.92 Å². The zero-order valence-corrected chi connectivity index (χ0v) is 14.9. The van der Waals surface area contributed by atoms with Crippen molar-refractivity contribution >= 4 is 11.6 Å². The molecule has 0 spiro atoms. The molecule has 8 heteroatoms. The van der Waals surface area contributed by atoms with Crippen LogP contribution in [-0.2, 0) is 0 Å². The number of aryl methyl sites for hydroxylation is 2. The Labute approximate surface area is 154 Å². The number of aromatic nitrogens is 4. The summed E-state index contributed by atoms with van der Waals surface area (Å²) in [5.41, 5.74) is 10.0.